The van der Waals surface area contributed by atoms with Gasteiger partial charge in [0.05, 0.1) is 5.69 Å². The summed E-state index contributed by atoms with van der Waals surface area (Å²) in [7, 11) is 0. The van der Waals surface area contributed by atoms with Crippen LogP contribution in [0.1, 0.15) is 263 Å². The van der Waals surface area contributed by atoms with Gasteiger partial charge in [0.15, 0.2) is 0 Å². The van der Waals surface area contributed by atoms with Gasteiger partial charge in [0.1, 0.15) is 0 Å². The number of benzene rings is 5. The van der Waals surface area contributed by atoms with Crippen LogP contribution in [0.5, 0.6) is 0 Å². The Morgan fingerprint density at radius 1 is 0.367 bits per heavy atom. The van der Waals surface area contributed by atoms with Gasteiger partial charge < -0.3 is 9.80 Å². The second-order valence-corrected chi connectivity index (χ2v) is 34.6. The number of aryl methyl sites for hydroxylation is 1. The molecular formula is C75H95BN2S. The number of rotatable bonds is 3. The maximum Gasteiger partial charge on any atom is 0.264 e. The van der Waals surface area contributed by atoms with Crippen molar-refractivity contribution in [3.8, 4) is 11.1 Å². The maximum absolute atomic E-state index is 2.87. The first-order valence-electron chi connectivity index (χ1n) is 31.1. The molecule has 414 valence electrons. The summed E-state index contributed by atoms with van der Waals surface area (Å²) in [6.45, 7) is 52.9. The van der Waals surface area contributed by atoms with Gasteiger partial charge in [-0.15, -0.1) is 0 Å². The first kappa shape index (κ1) is 53.8. The zero-order chi connectivity index (χ0) is 56.7. The number of nitrogens with zero attached hydrogens (tertiary/aromatic N) is 2. The third-order valence-corrected chi connectivity index (χ3v) is 24.8. The summed E-state index contributed by atoms with van der Waals surface area (Å²) < 4.78 is 1.54. The van der Waals surface area contributed by atoms with Gasteiger partial charge in [-0.25, -0.2) is 0 Å². The van der Waals surface area contributed by atoms with Crippen molar-refractivity contribution in [3.63, 3.8) is 0 Å². The monoisotopic (exact) mass is 1070 g/mol. The summed E-state index contributed by atoms with van der Waals surface area (Å²) in [5.41, 5.74) is 29.7. The van der Waals surface area contributed by atoms with Crippen molar-refractivity contribution in [3.05, 3.63) is 133 Å². The summed E-state index contributed by atoms with van der Waals surface area (Å²) in [5.74, 6) is 0. The topological polar surface area (TPSA) is 6.48 Å². The molecule has 0 radical (unpaired) electrons. The van der Waals surface area contributed by atoms with Gasteiger partial charge >= 0.3 is 0 Å². The van der Waals surface area contributed by atoms with Crippen LogP contribution in [0.2, 0.25) is 0 Å². The average molecular weight is 1070 g/mol. The van der Waals surface area contributed by atoms with E-state index in [0.29, 0.717) is 0 Å². The second kappa shape index (κ2) is 16.4. The number of anilines is 6. The molecule has 2 aliphatic heterocycles. The van der Waals surface area contributed by atoms with Crippen LogP contribution in [0.25, 0.3) is 11.1 Å². The van der Waals surface area contributed by atoms with Gasteiger partial charge in [0, 0.05) is 38.1 Å². The van der Waals surface area contributed by atoms with Crippen LogP contribution >= 0.6 is 11.3 Å². The Morgan fingerprint density at radius 2 is 0.747 bits per heavy atom. The van der Waals surface area contributed by atoms with Gasteiger partial charge in [0.2, 0.25) is 0 Å². The standard InChI is InChI=1S/C75H95BN2S/c1-44-36-51-54(71(12,13)31-30-68(51,6)7)41-48(44)45-37-59-62-60(38-45)78(47-23-25-50-53(40-47)70(10,11)29-27-67(50,4)5)63-61-64(75(20,21)35-34-74(61,18)19)79-65(63)76(62)57-42-55-56(73(16,17)33-32-72(55,14)15)43-58(57)77(59)46-22-24-49-52(39-46)69(8,9)28-26-66(49,2)3/h22-25,36-43H,26-35H2,1-21H3. The third-order valence-electron chi connectivity index (χ3n) is 23.2. The number of thiophene rings is 1. The van der Waals surface area contributed by atoms with E-state index in [1.165, 1.54) is 165 Å². The van der Waals surface area contributed by atoms with E-state index < -0.39 is 0 Å². The number of fused-ring (bicyclic) bond motifs is 10. The molecule has 5 aliphatic carbocycles. The zero-order valence-corrected chi connectivity index (χ0v) is 53.7. The second-order valence-electron chi connectivity index (χ2n) is 33.5. The Labute approximate surface area is 483 Å². The summed E-state index contributed by atoms with van der Waals surface area (Å²) >= 11 is 2.19. The van der Waals surface area contributed by atoms with Gasteiger partial charge in [0.25, 0.3) is 6.71 Å². The van der Waals surface area contributed by atoms with E-state index >= 15 is 0 Å². The molecule has 0 fully saturated rings. The lowest BCUT2D eigenvalue weighted by atomic mass is 9.35. The van der Waals surface area contributed by atoms with E-state index in [9.17, 15) is 0 Å². The largest absolute Gasteiger partial charge is 0.311 e. The highest BCUT2D eigenvalue weighted by Crippen LogP contribution is 2.60. The van der Waals surface area contributed by atoms with E-state index in [1.54, 1.807) is 20.8 Å². The third kappa shape index (κ3) is 7.72. The molecule has 5 aromatic carbocycles. The molecule has 2 nitrogen and oxygen atoms in total. The molecule has 7 aliphatic rings. The quantitative estimate of drug-likeness (QED) is 0.163. The fourth-order valence-electron chi connectivity index (χ4n) is 17.0. The van der Waals surface area contributed by atoms with Gasteiger partial charge in [-0.1, -0.05) is 169 Å². The van der Waals surface area contributed by atoms with Crippen LogP contribution in [-0.4, -0.2) is 6.71 Å². The van der Waals surface area contributed by atoms with Crippen LogP contribution < -0.4 is 25.5 Å². The van der Waals surface area contributed by atoms with Gasteiger partial charge in [-0.2, -0.15) is 11.3 Å². The highest BCUT2D eigenvalue weighted by molar-refractivity contribution is 7.29. The maximum atomic E-state index is 2.87. The predicted octanol–water partition coefficient (Wildman–Crippen LogP) is 19.6. The molecule has 0 saturated heterocycles. The van der Waals surface area contributed by atoms with E-state index in [1.807, 2.05) is 0 Å². The fraction of sp³-hybridized carbons (Fsp3) is 0.547. The molecule has 13 rings (SSSR count). The minimum atomic E-state index is -0.0107. The van der Waals surface area contributed by atoms with Crippen LogP contribution in [-0.2, 0) is 54.1 Å². The molecule has 0 amide bonds. The first-order chi connectivity index (χ1) is 36.5. The molecule has 0 saturated carbocycles. The van der Waals surface area contributed by atoms with Crippen LogP contribution in [0.4, 0.5) is 34.1 Å². The Bertz CT molecular complexity index is 3610. The SMILES string of the molecule is Cc1cc2c(cc1-c1cc3c4c(c1)N(c1ccc5c(c1)C(C)(C)CCC5(C)C)c1c(sc5c1C(C)(C)CCC5(C)C)B4c1cc4c(cc1N3c1ccc3c(c1)C(C)(C)CCC3(C)C)C(C)(C)CCC4(C)C)C(C)(C)CCC2(C)C. The van der Waals surface area contributed by atoms with E-state index in [4.69, 9.17) is 0 Å². The van der Waals surface area contributed by atoms with Crippen molar-refractivity contribution in [2.75, 3.05) is 9.80 Å². The van der Waals surface area contributed by atoms with Crippen LogP contribution in [0.15, 0.2) is 72.8 Å². The van der Waals surface area contributed by atoms with Crippen molar-refractivity contribution >= 4 is 67.9 Å². The minimum absolute atomic E-state index is 0.0107. The van der Waals surface area contributed by atoms with Crippen molar-refractivity contribution in [2.45, 2.75) is 264 Å². The van der Waals surface area contributed by atoms with Crippen molar-refractivity contribution in [1.29, 1.82) is 0 Å². The van der Waals surface area contributed by atoms with E-state index in [-0.39, 0.29) is 60.9 Å². The highest BCUT2D eigenvalue weighted by Gasteiger charge is 2.53. The Balaban J connectivity index is 1.21. The average Bonchev–Trinajstić information content (AvgIpc) is 2.24. The predicted molar refractivity (Wildman–Crippen MR) is 345 cm³/mol. The molecule has 0 N–H and O–H groups in total. The first-order valence-corrected chi connectivity index (χ1v) is 31.9. The van der Waals surface area contributed by atoms with Crippen LogP contribution in [0, 0.1) is 6.92 Å². The Kier molecular flexibility index (Phi) is 11.1. The molecule has 79 heavy (non-hydrogen) atoms. The summed E-state index contributed by atoms with van der Waals surface area (Å²) in [6, 6.07) is 31.7. The molecule has 0 atom stereocenters. The summed E-state index contributed by atoms with van der Waals surface area (Å²) in [4.78, 5) is 7.29. The summed E-state index contributed by atoms with van der Waals surface area (Å²) in [6.07, 6.45) is 11.9. The molecule has 1 aromatic heterocycles. The van der Waals surface area contributed by atoms with Gasteiger partial charge in [-0.05, 0) is 245 Å². The van der Waals surface area contributed by atoms with Crippen LogP contribution in [0.3, 0.4) is 0 Å². The Hall–Kier alpha value is -4.54. The molecule has 4 heteroatoms. The molecule has 6 aromatic rings. The number of hydrogen-bond acceptors (Lipinski definition) is 3. The lowest BCUT2D eigenvalue weighted by Crippen LogP contribution is -2.61. The van der Waals surface area contributed by atoms with Gasteiger partial charge in [-0.3, -0.25) is 0 Å². The van der Waals surface area contributed by atoms with Crippen molar-refractivity contribution < 1.29 is 0 Å². The fourth-order valence-corrected chi connectivity index (χ4v) is 18.7. The van der Waals surface area contributed by atoms with E-state index in [0.717, 1.165) is 0 Å². The number of hydrogen-bond donors (Lipinski definition) is 0. The molecule has 0 unspecified atom stereocenters. The lowest BCUT2D eigenvalue weighted by molar-refractivity contribution is 0.332. The molecular weight excluding hydrogens is 972 g/mol. The zero-order valence-electron chi connectivity index (χ0n) is 52.9. The summed E-state index contributed by atoms with van der Waals surface area (Å²) in [5, 5.41) is 0. The highest BCUT2D eigenvalue weighted by atomic mass is 32.1. The van der Waals surface area contributed by atoms with E-state index in [2.05, 4.69) is 239 Å². The smallest absolute Gasteiger partial charge is 0.264 e. The molecule has 0 spiro atoms. The lowest BCUT2D eigenvalue weighted by Gasteiger charge is -2.48. The molecule has 0 bridgehead atoms. The minimum Gasteiger partial charge on any atom is -0.311 e. The Morgan fingerprint density at radius 3 is 1.24 bits per heavy atom. The molecule has 3 heterocycles. The van der Waals surface area contributed by atoms with Crippen molar-refractivity contribution in [1.82, 2.24) is 0 Å². The van der Waals surface area contributed by atoms with Crippen molar-refractivity contribution in [2.24, 2.45) is 0 Å². The normalized spacial score (nSPS) is 23.7.